The van der Waals surface area contributed by atoms with Crippen LogP contribution in [0.4, 0.5) is 0 Å². The quantitative estimate of drug-likeness (QED) is 0.782. The Kier molecular flexibility index (Phi) is 5.30. The lowest BCUT2D eigenvalue weighted by Crippen LogP contribution is -2.48. The summed E-state index contributed by atoms with van der Waals surface area (Å²) >= 11 is 0. The Bertz CT molecular complexity index is 679. The molecule has 0 amide bonds. The fourth-order valence-corrected chi connectivity index (χ4v) is 3.39. The van der Waals surface area contributed by atoms with Crippen molar-refractivity contribution in [2.75, 3.05) is 32.7 Å². The number of tetrazole rings is 1. The third-order valence-corrected chi connectivity index (χ3v) is 4.65. The van der Waals surface area contributed by atoms with Crippen molar-refractivity contribution in [3.05, 3.63) is 54.4 Å². The molecule has 25 heavy (non-hydrogen) atoms. The molecule has 0 aliphatic carbocycles. The van der Waals surface area contributed by atoms with E-state index in [4.69, 9.17) is 0 Å². The first-order chi connectivity index (χ1) is 12.0. The number of benzene rings is 1. The van der Waals surface area contributed by atoms with Gasteiger partial charge in [-0.2, -0.15) is 0 Å². The summed E-state index contributed by atoms with van der Waals surface area (Å²) in [7, 11) is 0. The summed E-state index contributed by atoms with van der Waals surface area (Å²) in [6.45, 7) is 15.3. The summed E-state index contributed by atoms with van der Waals surface area (Å²) in [5.41, 5.74) is 1.08. The topological polar surface area (TPSA) is 50.1 Å². The molecule has 2 heterocycles. The molecular formula is C19H28N6. The zero-order chi connectivity index (χ0) is 17.9. The molecule has 1 aromatic carbocycles. The van der Waals surface area contributed by atoms with Gasteiger partial charge in [-0.05, 0) is 36.8 Å². The Balaban J connectivity index is 1.93. The fraction of sp³-hybridized carbons (Fsp3) is 0.526. The maximum atomic E-state index is 4.42. The molecule has 3 rings (SSSR count). The van der Waals surface area contributed by atoms with Crippen LogP contribution in [0.3, 0.4) is 0 Å². The second-order valence-electron chi connectivity index (χ2n) is 7.56. The minimum atomic E-state index is -0.156. The van der Waals surface area contributed by atoms with Crippen molar-refractivity contribution in [3.8, 4) is 0 Å². The molecule has 1 saturated heterocycles. The van der Waals surface area contributed by atoms with E-state index in [2.05, 4.69) is 83.0 Å². The smallest absolute Gasteiger partial charge is 0.173 e. The van der Waals surface area contributed by atoms with Crippen molar-refractivity contribution in [1.82, 2.24) is 30.0 Å². The molecule has 1 atom stereocenters. The van der Waals surface area contributed by atoms with Gasteiger partial charge in [0.15, 0.2) is 5.82 Å². The van der Waals surface area contributed by atoms with Crippen LogP contribution in [0, 0.1) is 0 Å². The lowest BCUT2D eigenvalue weighted by molar-refractivity contribution is 0.110. The van der Waals surface area contributed by atoms with Crippen molar-refractivity contribution >= 4 is 0 Å². The van der Waals surface area contributed by atoms with Crippen LogP contribution in [-0.4, -0.2) is 62.7 Å². The van der Waals surface area contributed by atoms with Crippen LogP contribution in [0.2, 0.25) is 0 Å². The number of piperazine rings is 1. The zero-order valence-corrected chi connectivity index (χ0v) is 15.5. The Morgan fingerprint density at radius 3 is 2.40 bits per heavy atom. The molecular weight excluding hydrogens is 312 g/mol. The summed E-state index contributed by atoms with van der Waals surface area (Å²) in [6.07, 6.45) is 1.98. The maximum absolute atomic E-state index is 4.42. The molecule has 0 spiro atoms. The van der Waals surface area contributed by atoms with Gasteiger partial charge in [-0.15, -0.1) is 11.7 Å². The SMILES string of the molecule is C=CCN1CCN(C(c2ccccc2)c2nnnn2C(C)(C)C)CC1. The minimum Gasteiger partial charge on any atom is -0.297 e. The monoisotopic (exact) mass is 340 g/mol. The Labute approximate surface area is 150 Å². The molecule has 2 aromatic rings. The van der Waals surface area contributed by atoms with Gasteiger partial charge in [-0.3, -0.25) is 9.80 Å². The fourth-order valence-electron chi connectivity index (χ4n) is 3.39. The molecule has 6 heteroatoms. The van der Waals surface area contributed by atoms with E-state index in [0.29, 0.717) is 0 Å². The predicted octanol–water partition coefficient (Wildman–Crippen LogP) is 2.32. The molecule has 0 bridgehead atoms. The summed E-state index contributed by atoms with van der Waals surface area (Å²) in [5, 5.41) is 12.7. The molecule has 1 fully saturated rings. The highest BCUT2D eigenvalue weighted by Crippen LogP contribution is 2.30. The van der Waals surface area contributed by atoms with Crippen molar-refractivity contribution in [2.45, 2.75) is 32.4 Å². The molecule has 6 nitrogen and oxygen atoms in total. The van der Waals surface area contributed by atoms with E-state index in [9.17, 15) is 0 Å². The number of hydrogen-bond acceptors (Lipinski definition) is 5. The summed E-state index contributed by atoms with van der Waals surface area (Å²) in [4.78, 5) is 4.92. The van der Waals surface area contributed by atoms with Crippen LogP contribution in [0.25, 0.3) is 0 Å². The lowest BCUT2D eigenvalue weighted by atomic mass is 10.0. The van der Waals surface area contributed by atoms with Crippen LogP contribution in [-0.2, 0) is 5.54 Å². The van der Waals surface area contributed by atoms with Crippen molar-refractivity contribution in [1.29, 1.82) is 0 Å². The lowest BCUT2D eigenvalue weighted by Gasteiger charge is -2.39. The van der Waals surface area contributed by atoms with Crippen molar-refractivity contribution in [3.63, 3.8) is 0 Å². The van der Waals surface area contributed by atoms with Crippen LogP contribution in [0.5, 0.6) is 0 Å². The highest BCUT2D eigenvalue weighted by molar-refractivity contribution is 5.25. The molecule has 134 valence electrons. The third-order valence-electron chi connectivity index (χ3n) is 4.65. The van der Waals surface area contributed by atoms with Crippen molar-refractivity contribution < 1.29 is 0 Å². The largest absolute Gasteiger partial charge is 0.297 e. The summed E-state index contributed by atoms with van der Waals surface area (Å²) in [6, 6.07) is 10.6. The third kappa shape index (κ3) is 3.96. The number of rotatable bonds is 5. The van der Waals surface area contributed by atoms with E-state index in [1.807, 2.05) is 10.8 Å². The Morgan fingerprint density at radius 1 is 1.12 bits per heavy atom. The van der Waals surface area contributed by atoms with E-state index in [-0.39, 0.29) is 11.6 Å². The van der Waals surface area contributed by atoms with Gasteiger partial charge in [-0.1, -0.05) is 36.4 Å². The number of aromatic nitrogens is 4. The van der Waals surface area contributed by atoms with Gasteiger partial charge < -0.3 is 0 Å². The molecule has 1 aromatic heterocycles. The van der Waals surface area contributed by atoms with Gasteiger partial charge in [0.2, 0.25) is 0 Å². The van der Waals surface area contributed by atoms with Gasteiger partial charge in [0, 0.05) is 32.7 Å². The van der Waals surface area contributed by atoms with E-state index >= 15 is 0 Å². The predicted molar refractivity (Wildman–Crippen MR) is 99.3 cm³/mol. The first-order valence-corrected chi connectivity index (χ1v) is 8.91. The second-order valence-corrected chi connectivity index (χ2v) is 7.56. The number of nitrogens with zero attached hydrogens (tertiary/aromatic N) is 6. The standard InChI is InChI=1S/C19H28N6/c1-5-11-23-12-14-24(15-13-23)17(16-9-7-6-8-10-16)18-20-21-22-25(18)19(2,3)4/h5-10,17H,1,11-15H2,2-4H3. The average molecular weight is 340 g/mol. The second kappa shape index (κ2) is 7.45. The van der Waals surface area contributed by atoms with Gasteiger partial charge in [0.05, 0.1) is 11.6 Å². The van der Waals surface area contributed by atoms with Crippen LogP contribution in [0.1, 0.15) is 38.2 Å². The normalized spacial score (nSPS) is 18.2. The molecule has 1 aliphatic rings. The molecule has 1 aliphatic heterocycles. The first kappa shape index (κ1) is 17.8. The molecule has 0 saturated carbocycles. The highest BCUT2D eigenvalue weighted by Gasteiger charge is 2.32. The zero-order valence-electron chi connectivity index (χ0n) is 15.5. The van der Waals surface area contributed by atoms with E-state index in [0.717, 1.165) is 38.5 Å². The number of hydrogen-bond donors (Lipinski definition) is 0. The van der Waals surface area contributed by atoms with Crippen LogP contribution >= 0.6 is 0 Å². The highest BCUT2D eigenvalue weighted by atomic mass is 15.6. The van der Waals surface area contributed by atoms with Crippen LogP contribution < -0.4 is 0 Å². The summed E-state index contributed by atoms with van der Waals surface area (Å²) in [5.74, 6) is 0.913. The van der Waals surface area contributed by atoms with Crippen LogP contribution in [0.15, 0.2) is 43.0 Å². The average Bonchev–Trinajstić information content (AvgIpc) is 3.08. The van der Waals surface area contributed by atoms with E-state index in [1.54, 1.807) is 0 Å². The van der Waals surface area contributed by atoms with E-state index < -0.39 is 0 Å². The minimum absolute atomic E-state index is 0.0707. The van der Waals surface area contributed by atoms with E-state index in [1.165, 1.54) is 5.56 Å². The van der Waals surface area contributed by atoms with Crippen molar-refractivity contribution in [2.24, 2.45) is 0 Å². The Morgan fingerprint density at radius 2 is 1.80 bits per heavy atom. The molecule has 0 radical (unpaired) electrons. The van der Waals surface area contributed by atoms with Gasteiger partial charge >= 0.3 is 0 Å². The molecule has 1 unspecified atom stereocenters. The van der Waals surface area contributed by atoms with Gasteiger partial charge in [0.25, 0.3) is 0 Å². The molecule has 0 N–H and O–H groups in total. The van der Waals surface area contributed by atoms with Gasteiger partial charge in [0.1, 0.15) is 0 Å². The maximum Gasteiger partial charge on any atom is 0.173 e. The summed E-state index contributed by atoms with van der Waals surface area (Å²) < 4.78 is 1.96. The first-order valence-electron chi connectivity index (χ1n) is 8.91. The Hall–Kier alpha value is -2.05. The van der Waals surface area contributed by atoms with Gasteiger partial charge in [-0.25, -0.2) is 4.68 Å².